The summed E-state index contributed by atoms with van der Waals surface area (Å²) < 4.78 is 5.37. The third-order valence-electron chi connectivity index (χ3n) is 2.88. The summed E-state index contributed by atoms with van der Waals surface area (Å²) in [5.41, 5.74) is 0.758. The van der Waals surface area contributed by atoms with Crippen LogP contribution in [0.5, 0.6) is 0 Å². The minimum atomic E-state index is -0.422. The average Bonchev–Trinajstić information content (AvgIpc) is 2.80. The number of rotatable bonds is 1. The van der Waals surface area contributed by atoms with Crippen LogP contribution in [-0.4, -0.2) is 47.8 Å². The molecule has 0 spiro atoms. The molecule has 18 heavy (non-hydrogen) atoms. The topological polar surface area (TPSA) is 48.6 Å². The Labute approximate surface area is 108 Å². The van der Waals surface area contributed by atoms with Crippen molar-refractivity contribution in [2.24, 2.45) is 0 Å². The smallest absolute Gasteiger partial charge is 0.410 e. The van der Waals surface area contributed by atoms with Crippen molar-refractivity contribution in [2.75, 3.05) is 31.1 Å². The molecule has 5 nitrogen and oxygen atoms in total. The van der Waals surface area contributed by atoms with Gasteiger partial charge in [0.25, 0.3) is 0 Å². The molecule has 5 heteroatoms. The normalized spacial score (nSPS) is 16.8. The molecule has 1 aromatic rings. The second-order valence-electron chi connectivity index (χ2n) is 5.52. The van der Waals surface area contributed by atoms with Crippen molar-refractivity contribution in [1.29, 1.82) is 0 Å². The van der Waals surface area contributed by atoms with Crippen molar-refractivity contribution in [3.8, 4) is 0 Å². The molecule has 1 saturated heterocycles. The van der Waals surface area contributed by atoms with E-state index < -0.39 is 5.60 Å². The molecule has 0 atom stereocenters. The summed E-state index contributed by atoms with van der Waals surface area (Å²) in [7, 11) is 0. The van der Waals surface area contributed by atoms with Crippen LogP contribution in [0.1, 0.15) is 20.8 Å². The fourth-order valence-corrected chi connectivity index (χ4v) is 1.99. The molecule has 0 bridgehead atoms. The Morgan fingerprint density at radius 3 is 2.44 bits per heavy atom. The zero-order valence-electron chi connectivity index (χ0n) is 11.3. The standard InChI is InChI=1S/C13H21N3O2/c1-13(2,3)18-12(17)16-8-6-15(7-9-16)11-4-5-14-10-11/h4-5,10,14H,6-9H2,1-3H3. The number of anilines is 1. The van der Waals surface area contributed by atoms with Crippen LogP contribution in [0.25, 0.3) is 0 Å². The van der Waals surface area contributed by atoms with Crippen LogP contribution in [-0.2, 0) is 4.74 Å². The van der Waals surface area contributed by atoms with Crippen molar-refractivity contribution in [3.05, 3.63) is 18.5 Å². The van der Waals surface area contributed by atoms with E-state index in [-0.39, 0.29) is 6.09 Å². The molecular formula is C13H21N3O2. The maximum Gasteiger partial charge on any atom is 0.410 e. The molecule has 1 N–H and O–H groups in total. The van der Waals surface area contributed by atoms with E-state index in [0.29, 0.717) is 13.1 Å². The first-order valence-electron chi connectivity index (χ1n) is 6.31. The van der Waals surface area contributed by atoms with E-state index in [9.17, 15) is 4.79 Å². The molecule has 1 fully saturated rings. The van der Waals surface area contributed by atoms with E-state index in [2.05, 4.69) is 9.88 Å². The summed E-state index contributed by atoms with van der Waals surface area (Å²) in [6, 6.07) is 2.04. The highest BCUT2D eigenvalue weighted by Gasteiger charge is 2.25. The molecule has 1 aromatic heterocycles. The van der Waals surface area contributed by atoms with E-state index in [1.165, 1.54) is 5.69 Å². The summed E-state index contributed by atoms with van der Waals surface area (Å²) in [6.07, 6.45) is 3.68. The molecule has 100 valence electrons. The first-order chi connectivity index (χ1) is 8.46. The lowest BCUT2D eigenvalue weighted by molar-refractivity contribution is 0.0240. The second-order valence-corrected chi connectivity index (χ2v) is 5.52. The summed E-state index contributed by atoms with van der Waals surface area (Å²) in [6.45, 7) is 8.78. The van der Waals surface area contributed by atoms with E-state index in [1.807, 2.05) is 39.2 Å². The Kier molecular flexibility index (Phi) is 3.50. The Balaban J connectivity index is 1.85. The highest BCUT2D eigenvalue weighted by Crippen LogP contribution is 2.16. The third kappa shape index (κ3) is 3.18. The highest BCUT2D eigenvalue weighted by molar-refractivity contribution is 5.68. The Morgan fingerprint density at radius 1 is 1.28 bits per heavy atom. The molecular weight excluding hydrogens is 230 g/mol. The van der Waals surface area contributed by atoms with Gasteiger partial charge in [0.05, 0.1) is 5.69 Å². The van der Waals surface area contributed by atoms with Crippen molar-refractivity contribution in [3.63, 3.8) is 0 Å². The molecule has 0 radical (unpaired) electrons. The molecule has 1 aliphatic heterocycles. The highest BCUT2D eigenvalue weighted by atomic mass is 16.6. The summed E-state index contributed by atoms with van der Waals surface area (Å²) in [4.78, 5) is 19.0. The minimum Gasteiger partial charge on any atom is -0.444 e. The van der Waals surface area contributed by atoms with Crippen molar-refractivity contribution < 1.29 is 9.53 Å². The second kappa shape index (κ2) is 4.92. The van der Waals surface area contributed by atoms with Crippen LogP contribution in [0.15, 0.2) is 18.5 Å². The molecule has 1 amide bonds. The molecule has 2 rings (SSSR count). The van der Waals surface area contributed by atoms with E-state index >= 15 is 0 Å². The van der Waals surface area contributed by atoms with Crippen LogP contribution in [0.2, 0.25) is 0 Å². The number of carbonyl (C=O) groups is 1. The molecule has 1 aliphatic rings. The summed E-state index contributed by atoms with van der Waals surface area (Å²) >= 11 is 0. The number of hydrogen-bond donors (Lipinski definition) is 1. The molecule has 0 unspecified atom stereocenters. The Morgan fingerprint density at radius 2 is 1.94 bits per heavy atom. The number of amides is 1. The van der Waals surface area contributed by atoms with E-state index in [1.54, 1.807) is 4.90 Å². The number of aromatic nitrogens is 1. The SMILES string of the molecule is CC(C)(C)OC(=O)N1CCN(c2cc[nH]c2)CC1. The third-order valence-corrected chi connectivity index (χ3v) is 2.88. The summed E-state index contributed by atoms with van der Waals surface area (Å²) in [5, 5.41) is 0. The van der Waals surface area contributed by atoms with Gasteiger partial charge in [-0.05, 0) is 26.8 Å². The molecule has 0 saturated carbocycles. The number of H-pyrrole nitrogens is 1. The first kappa shape index (κ1) is 12.8. The zero-order valence-corrected chi connectivity index (χ0v) is 11.3. The maximum absolute atomic E-state index is 11.9. The Bertz CT molecular complexity index is 387. The monoisotopic (exact) mass is 251 g/mol. The summed E-state index contributed by atoms with van der Waals surface area (Å²) in [5.74, 6) is 0. The van der Waals surface area contributed by atoms with Crippen LogP contribution >= 0.6 is 0 Å². The molecule has 0 aliphatic carbocycles. The van der Waals surface area contributed by atoms with Crippen LogP contribution in [0.4, 0.5) is 10.5 Å². The van der Waals surface area contributed by atoms with Gasteiger partial charge in [0.1, 0.15) is 5.60 Å². The van der Waals surface area contributed by atoms with Gasteiger partial charge in [-0.15, -0.1) is 0 Å². The Hall–Kier alpha value is -1.65. The van der Waals surface area contributed by atoms with Gasteiger partial charge >= 0.3 is 6.09 Å². The number of nitrogens with one attached hydrogen (secondary N) is 1. The van der Waals surface area contributed by atoms with Crippen molar-refractivity contribution in [1.82, 2.24) is 9.88 Å². The fourth-order valence-electron chi connectivity index (χ4n) is 1.99. The van der Waals surface area contributed by atoms with Crippen LogP contribution in [0, 0.1) is 0 Å². The largest absolute Gasteiger partial charge is 0.444 e. The van der Waals surface area contributed by atoms with Gasteiger partial charge in [0, 0.05) is 38.6 Å². The fraction of sp³-hybridized carbons (Fsp3) is 0.615. The number of ether oxygens (including phenoxy) is 1. The van der Waals surface area contributed by atoms with Gasteiger partial charge in [-0.2, -0.15) is 0 Å². The lowest BCUT2D eigenvalue weighted by Crippen LogP contribution is -2.50. The van der Waals surface area contributed by atoms with Crippen molar-refractivity contribution in [2.45, 2.75) is 26.4 Å². The number of aromatic amines is 1. The number of piperazine rings is 1. The zero-order chi connectivity index (χ0) is 13.2. The van der Waals surface area contributed by atoms with Gasteiger partial charge in [-0.1, -0.05) is 0 Å². The predicted octanol–water partition coefficient (Wildman–Crippen LogP) is 2.07. The lowest BCUT2D eigenvalue weighted by atomic mass is 10.2. The molecule has 2 heterocycles. The van der Waals surface area contributed by atoms with Crippen LogP contribution < -0.4 is 4.90 Å². The van der Waals surface area contributed by atoms with Crippen molar-refractivity contribution >= 4 is 11.8 Å². The number of nitrogens with zero attached hydrogens (tertiary/aromatic N) is 2. The first-order valence-corrected chi connectivity index (χ1v) is 6.31. The van der Waals surface area contributed by atoms with Gasteiger partial charge < -0.3 is 19.5 Å². The lowest BCUT2D eigenvalue weighted by Gasteiger charge is -2.36. The van der Waals surface area contributed by atoms with Gasteiger partial charge in [-0.25, -0.2) is 4.79 Å². The van der Waals surface area contributed by atoms with E-state index in [4.69, 9.17) is 4.74 Å². The van der Waals surface area contributed by atoms with Crippen LogP contribution in [0.3, 0.4) is 0 Å². The average molecular weight is 251 g/mol. The maximum atomic E-state index is 11.9. The molecule has 0 aromatic carbocycles. The van der Waals surface area contributed by atoms with Gasteiger partial charge in [0.2, 0.25) is 0 Å². The predicted molar refractivity (Wildman–Crippen MR) is 70.8 cm³/mol. The van der Waals surface area contributed by atoms with Gasteiger partial charge in [-0.3, -0.25) is 0 Å². The minimum absolute atomic E-state index is 0.212. The number of carbonyl (C=O) groups excluding carboxylic acids is 1. The van der Waals surface area contributed by atoms with E-state index in [0.717, 1.165) is 13.1 Å². The van der Waals surface area contributed by atoms with Gasteiger partial charge in [0.15, 0.2) is 0 Å². The quantitative estimate of drug-likeness (QED) is 0.831. The number of hydrogen-bond acceptors (Lipinski definition) is 3.